The summed E-state index contributed by atoms with van der Waals surface area (Å²) in [7, 11) is 0. The number of carbonyl (C=O) groups is 1. The number of pyridine rings is 1. The molecular formula is C17H14N4OS. The van der Waals surface area contributed by atoms with Crippen LogP contribution < -0.4 is 5.43 Å². The molecule has 0 saturated carbocycles. The number of amides is 1. The number of hydrazone groups is 1. The van der Waals surface area contributed by atoms with Crippen LogP contribution in [0.2, 0.25) is 0 Å². The van der Waals surface area contributed by atoms with Gasteiger partial charge in [-0.05, 0) is 24.6 Å². The highest BCUT2D eigenvalue weighted by Crippen LogP contribution is 2.27. The second kappa shape index (κ2) is 6.93. The van der Waals surface area contributed by atoms with Gasteiger partial charge in [-0.15, -0.1) is 11.3 Å². The van der Waals surface area contributed by atoms with Gasteiger partial charge in [0, 0.05) is 22.8 Å². The zero-order valence-corrected chi connectivity index (χ0v) is 13.2. The van der Waals surface area contributed by atoms with Crippen molar-refractivity contribution in [1.29, 1.82) is 0 Å². The molecule has 2 heterocycles. The number of nitrogens with zero attached hydrogens (tertiary/aromatic N) is 3. The van der Waals surface area contributed by atoms with Crippen LogP contribution >= 0.6 is 11.3 Å². The van der Waals surface area contributed by atoms with E-state index in [9.17, 15) is 4.79 Å². The van der Waals surface area contributed by atoms with Crippen molar-refractivity contribution in [1.82, 2.24) is 15.4 Å². The summed E-state index contributed by atoms with van der Waals surface area (Å²) >= 11 is 1.49. The third-order valence-corrected chi connectivity index (χ3v) is 4.14. The molecule has 5 nitrogen and oxygen atoms in total. The molecule has 1 amide bonds. The lowest BCUT2D eigenvalue weighted by Crippen LogP contribution is -2.18. The third-order valence-electron chi connectivity index (χ3n) is 3.12. The topological polar surface area (TPSA) is 67.2 Å². The van der Waals surface area contributed by atoms with E-state index >= 15 is 0 Å². The first-order valence-corrected chi connectivity index (χ1v) is 7.82. The summed E-state index contributed by atoms with van der Waals surface area (Å²) in [6, 6.07) is 13.4. The average molecular weight is 322 g/mol. The van der Waals surface area contributed by atoms with Crippen molar-refractivity contribution in [2.75, 3.05) is 0 Å². The fraction of sp³-hybridized carbons (Fsp3) is 0.0588. The Morgan fingerprint density at radius 1 is 1.17 bits per heavy atom. The second-order valence-corrected chi connectivity index (χ2v) is 5.97. The highest BCUT2D eigenvalue weighted by Gasteiger charge is 2.15. The molecule has 0 aliphatic carbocycles. The van der Waals surface area contributed by atoms with Gasteiger partial charge in [-0.3, -0.25) is 9.78 Å². The van der Waals surface area contributed by atoms with Gasteiger partial charge in [-0.1, -0.05) is 30.3 Å². The number of hydrogen-bond donors (Lipinski definition) is 1. The Hall–Kier alpha value is -2.86. The van der Waals surface area contributed by atoms with Crippen molar-refractivity contribution >= 4 is 23.5 Å². The Morgan fingerprint density at radius 3 is 2.65 bits per heavy atom. The molecule has 0 bridgehead atoms. The lowest BCUT2D eigenvalue weighted by atomic mass is 10.2. The first-order chi connectivity index (χ1) is 11.2. The zero-order chi connectivity index (χ0) is 16.1. The normalized spacial score (nSPS) is 10.8. The maximum absolute atomic E-state index is 12.2. The summed E-state index contributed by atoms with van der Waals surface area (Å²) < 4.78 is 0. The van der Waals surface area contributed by atoms with Gasteiger partial charge < -0.3 is 0 Å². The average Bonchev–Trinajstić information content (AvgIpc) is 2.98. The molecule has 0 spiro atoms. The van der Waals surface area contributed by atoms with Gasteiger partial charge >= 0.3 is 0 Å². The van der Waals surface area contributed by atoms with E-state index in [1.54, 1.807) is 30.7 Å². The molecule has 3 aromatic rings. The van der Waals surface area contributed by atoms with E-state index < -0.39 is 0 Å². The highest BCUT2D eigenvalue weighted by molar-refractivity contribution is 7.15. The number of aromatic nitrogens is 2. The van der Waals surface area contributed by atoms with Crippen LogP contribution in [0.5, 0.6) is 0 Å². The van der Waals surface area contributed by atoms with Crippen molar-refractivity contribution in [3.63, 3.8) is 0 Å². The first-order valence-electron chi connectivity index (χ1n) is 7.00. The van der Waals surface area contributed by atoms with E-state index in [2.05, 4.69) is 20.5 Å². The molecule has 3 rings (SSSR count). The molecule has 0 saturated heterocycles. The van der Waals surface area contributed by atoms with Gasteiger partial charge in [0.05, 0.1) is 6.21 Å². The number of thiazole rings is 1. The van der Waals surface area contributed by atoms with Gasteiger partial charge in [0.15, 0.2) is 0 Å². The van der Waals surface area contributed by atoms with Crippen LogP contribution in [-0.2, 0) is 0 Å². The number of rotatable bonds is 4. The smallest absolute Gasteiger partial charge is 0.266 e. The number of benzene rings is 1. The SMILES string of the molecule is Cc1sc(-c2ccccc2)nc1C(=O)N/N=C\c1ccncc1. The summed E-state index contributed by atoms with van der Waals surface area (Å²) in [5, 5.41) is 4.78. The van der Waals surface area contributed by atoms with E-state index in [0.717, 1.165) is 21.0 Å². The van der Waals surface area contributed by atoms with Gasteiger partial charge in [0.2, 0.25) is 0 Å². The molecule has 2 aromatic heterocycles. The van der Waals surface area contributed by atoms with Gasteiger partial charge in [0.25, 0.3) is 5.91 Å². The predicted octanol–water partition coefficient (Wildman–Crippen LogP) is 3.28. The fourth-order valence-corrected chi connectivity index (χ4v) is 2.90. The minimum Gasteiger partial charge on any atom is -0.266 e. The maximum Gasteiger partial charge on any atom is 0.291 e. The third kappa shape index (κ3) is 3.67. The molecule has 0 fully saturated rings. The molecule has 0 aliphatic heterocycles. The number of nitrogens with one attached hydrogen (secondary N) is 1. The fourth-order valence-electron chi connectivity index (χ4n) is 1.98. The van der Waals surface area contributed by atoms with Crippen LogP contribution in [-0.4, -0.2) is 22.1 Å². The Balaban J connectivity index is 1.73. The van der Waals surface area contributed by atoms with Gasteiger partial charge in [-0.25, -0.2) is 10.4 Å². The van der Waals surface area contributed by atoms with Gasteiger partial charge in [-0.2, -0.15) is 5.10 Å². The molecule has 1 N–H and O–H groups in total. The molecule has 1 aromatic carbocycles. The lowest BCUT2D eigenvalue weighted by Gasteiger charge is -1.97. The maximum atomic E-state index is 12.2. The van der Waals surface area contributed by atoms with E-state index in [1.165, 1.54) is 11.3 Å². The van der Waals surface area contributed by atoms with E-state index in [0.29, 0.717) is 5.69 Å². The summed E-state index contributed by atoms with van der Waals surface area (Å²) in [5.41, 5.74) is 4.77. The molecule has 23 heavy (non-hydrogen) atoms. The van der Waals surface area contributed by atoms with Crippen molar-refractivity contribution in [3.8, 4) is 10.6 Å². The van der Waals surface area contributed by atoms with Crippen molar-refractivity contribution in [2.24, 2.45) is 5.10 Å². The van der Waals surface area contributed by atoms with Crippen LogP contribution in [0.1, 0.15) is 20.9 Å². The molecule has 0 aliphatic rings. The zero-order valence-electron chi connectivity index (χ0n) is 12.4. The monoisotopic (exact) mass is 322 g/mol. The van der Waals surface area contributed by atoms with Gasteiger partial charge in [0.1, 0.15) is 10.7 Å². The van der Waals surface area contributed by atoms with E-state index in [4.69, 9.17) is 0 Å². The van der Waals surface area contributed by atoms with Crippen molar-refractivity contribution in [3.05, 3.63) is 71.0 Å². The Labute approximate surface area is 137 Å². The predicted molar refractivity (Wildman–Crippen MR) is 91.6 cm³/mol. The standard InChI is InChI=1S/C17H14N4OS/c1-12-15(20-17(23-12)14-5-3-2-4-6-14)16(22)21-19-11-13-7-9-18-10-8-13/h2-11H,1H3,(H,21,22)/b19-11-. The van der Waals surface area contributed by atoms with Crippen LogP contribution in [0.4, 0.5) is 0 Å². The minimum atomic E-state index is -0.314. The molecule has 0 atom stereocenters. The summed E-state index contributed by atoms with van der Waals surface area (Å²) in [6.07, 6.45) is 4.90. The number of aryl methyl sites for hydroxylation is 1. The van der Waals surface area contributed by atoms with Crippen LogP contribution in [0.15, 0.2) is 60.0 Å². The number of carbonyl (C=O) groups excluding carboxylic acids is 1. The number of hydrogen-bond acceptors (Lipinski definition) is 5. The van der Waals surface area contributed by atoms with Crippen LogP contribution in [0, 0.1) is 6.92 Å². The summed E-state index contributed by atoms with van der Waals surface area (Å²) in [4.78, 5) is 21.4. The highest BCUT2D eigenvalue weighted by atomic mass is 32.1. The Kier molecular flexibility index (Phi) is 4.54. The first kappa shape index (κ1) is 15.1. The molecule has 0 radical (unpaired) electrons. The molecular weight excluding hydrogens is 308 g/mol. The van der Waals surface area contributed by atoms with E-state index in [1.807, 2.05) is 37.3 Å². The van der Waals surface area contributed by atoms with Crippen LogP contribution in [0.3, 0.4) is 0 Å². The van der Waals surface area contributed by atoms with Crippen molar-refractivity contribution in [2.45, 2.75) is 6.92 Å². The minimum absolute atomic E-state index is 0.314. The largest absolute Gasteiger partial charge is 0.291 e. The van der Waals surface area contributed by atoms with E-state index in [-0.39, 0.29) is 5.91 Å². The summed E-state index contributed by atoms with van der Waals surface area (Å²) in [6.45, 7) is 1.88. The van der Waals surface area contributed by atoms with Crippen molar-refractivity contribution < 1.29 is 4.79 Å². The Bertz CT molecular complexity index is 828. The summed E-state index contributed by atoms with van der Waals surface area (Å²) in [5.74, 6) is -0.314. The lowest BCUT2D eigenvalue weighted by molar-refractivity contribution is 0.0950. The Morgan fingerprint density at radius 2 is 1.91 bits per heavy atom. The molecule has 6 heteroatoms. The molecule has 0 unspecified atom stereocenters. The molecule has 114 valence electrons. The quantitative estimate of drug-likeness (QED) is 0.592. The van der Waals surface area contributed by atoms with Crippen LogP contribution in [0.25, 0.3) is 10.6 Å². The second-order valence-electron chi connectivity index (χ2n) is 4.77.